The molecule has 3 aromatic rings. The van der Waals surface area contributed by atoms with Crippen LogP contribution in [0.2, 0.25) is 0 Å². The van der Waals surface area contributed by atoms with Crippen molar-refractivity contribution in [1.29, 1.82) is 0 Å². The first kappa shape index (κ1) is 20.7. The van der Waals surface area contributed by atoms with E-state index in [1.165, 1.54) is 0 Å². The minimum Gasteiger partial charge on any atom is -0.497 e. The number of rotatable bonds is 7. The number of anilines is 1. The number of benzene rings is 3. The molecule has 6 nitrogen and oxygen atoms in total. The summed E-state index contributed by atoms with van der Waals surface area (Å²) in [6.45, 7) is 0.243. The first-order valence-corrected chi connectivity index (χ1v) is 9.40. The summed E-state index contributed by atoms with van der Waals surface area (Å²) in [6, 6.07) is 23.2. The Balaban J connectivity index is 1.82. The van der Waals surface area contributed by atoms with Crippen LogP contribution in [-0.4, -0.2) is 18.9 Å². The highest BCUT2D eigenvalue weighted by atomic mass is 16.5. The second-order valence-corrected chi connectivity index (χ2v) is 6.53. The molecule has 0 bridgehead atoms. The van der Waals surface area contributed by atoms with Crippen LogP contribution in [0.3, 0.4) is 0 Å². The summed E-state index contributed by atoms with van der Waals surface area (Å²) >= 11 is 0. The van der Waals surface area contributed by atoms with Gasteiger partial charge >= 0.3 is 0 Å². The summed E-state index contributed by atoms with van der Waals surface area (Å²) in [5, 5.41) is 5.52. The topological polar surface area (TPSA) is 93.4 Å². The smallest absolute Gasteiger partial charge is 0.268 e. The van der Waals surface area contributed by atoms with Crippen molar-refractivity contribution in [3.05, 3.63) is 101 Å². The molecule has 0 fully saturated rings. The van der Waals surface area contributed by atoms with Gasteiger partial charge in [0.05, 0.1) is 7.11 Å². The van der Waals surface area contributed by atoms with Gasteiger partial charge in [0.2, 0.25) is 0 Å². The lowest BCUT2D eigenvalue weighted by Crippen LogP contribution is -2.34. The maximum atomic E-state index is 12.9. The Bertz CT molecular complexity index is 1040. The molecule has 3 aromatic carbocycles. The lowest BCUT2D eigenvalue weighted by molar-refractivity contribution is -0.117. The third kappa shape index (κ3) is 5.48. The molecule has 0 unspecified atom stereocenters. The largest absolute Gasteiger partial charge is 0.497 e. The minimum absolute atomic E-state index is 0.128. The lowest BCUT2D eigenvalue weighted by Gasteiger charge is -2.12. The number of carbonyl (C=O) groups is 2. The van der Waals surface area contributed by atoms with Crippen LogP contribution < -0.4 is 21.1 Å². The Labute approximate surface area is 175 Å². The second-order valence-electron chi connectivity index (χ2n) is 6.53. The van der Waals surface area contributed by atoms with Gasteiger partial charge in [-0.15, -0.1) is 0 Å². The molecule has 30 heavy (non-hydrogen) atoms. The molecule has 0 atom stereocenters. The van der Waals surface area contributed by atoms with Crippen molar-refractivity contribution in [2.75, 3.05) is 12.8 Å². The predicted octanol–water partition coefficient (Wildman–Crippen LogP) is 3.36. The molecule has 0 aliphatic carbocycles. The number of methoxy groups -OCH3 is 1. The first-order chi connectivity index (χ1) is 14.6. The average Bonchev–Trinajstić information content (AvgIpc) is 2.79. The summed E-state index contributed by atoms with van der Waals surface area (Å²) in [7, 11) is 1.58. The van der Waals surface area contributed by atoms with Gasteiger partial charge in [-0.05, 0) is 47.5 Å². The van der Waals surface area contributed by atoms with E-state index in [4.69, 9.17) is 10.5 Å². The van der Waals surface area contributed by atoms with Gasteiger partial charge in [0.25, 0.3) is 11.8 Å². The van der Waals surface area contributed by atoms with E-state index in [1.807, 2.05) is 24.3 Å². The zero-order chi connectivity index (χ0) is 21.3. The van der Waals surface area contributed by atoms with Crippen molar-refractivity contribution in [2.45, 2.75) is 6.54 Å². The van der Waals surface area contributed by atoms with Crippen LogP contribution in [0.1, 0.15) is 21.5 Å². The molecule has 3 rings (SSSR count). The fraction of sp³-hybridized carbons (Fsp3) is 0.0833. The van der Waals surface area contributed by atoms with E-state index in [9.17, 15) is 9.59 Å². The normalized spacial score (nSPS) is 10.9. The van der Waals surface area contributed by atoms with Gasteiger partial charge in [-0.25, -0.2) is 0 Å². The van der Waals surface area contributed by atoms with Crippen LogP contribution in [0.15, 0.2) is 84.6 Å². The molecule has 6 heteroatoms. The standard InChI is InChI=1S/C24H23N3O3/c1-30-20-13-11-17(12-14-20)15-22(27-23(28)18-7-3-2-4-8-18)24(29)26-16-19-9-5-6-10-21(19)25/h2-15H,16,25H2,1H3,(H,26,29)(H,27,28)/b22-15-. The van der Waals surface area contributed by atoms with Gasteiger partial charge in [-0.3, -0.25) is 9.59 Å². The second kappa shape index (κ2) is 9.93. The van der Waals surface area contributed by atoms with Gasteiger partial charge in [0.15, 0.2) is 0 Å². The number of ether oxygens (including phenoxy) is 1. The number of nitrogen functional groups attached to an aromatic ring is 1. The molecular formula is C24H23N3O3. The third-order valence-corrected chi connectivity index (χ3v) is 4.45. The van der Waals surface area contributed by atoms with Crippen molar-refractivity contribution >= 4 is 23.6 Å². The molecule has 0 spiro atoms. The molecule has 4 N–H and O–H groups in total. The van der Waals surface area contributed by atoms with Crippen LogP contribution >= 0.6 is 0 Å². The van der Waals surface area contributed by atoms with Gasteiger partial charge in [-0.2, -0.15) is 0 Å². The first-order valence-electron chi connectivity index (χ1n) is 9.40. The summed E-state index contributed by atoms with van der Waals surface area (Å²) in [4.78, 5) is 25.5. The summed E-state index contributed by atoms with van der Waals surface area (Å²) in [5.74, 6) is -0.0888. The minimum atomic E-state index is -0.418. The van der Waals surface area contributed by atoms with Gasteiger partial charge in [-0.1, -0.05) is 48.5 Å². The zero-order valence-corrected chi connectivity index (χ0v) is 16.6. The number of nitrogens with two attached hydrogens (primary N) is 1. The van der Waals surface area contributed by atoms with Crippen LogP contribution in [0.4, 0.5) is 5.69 Å². The molecule has 0 heterocycles. The highest BCUT2D eigenvalue weighted by molar-refractivity contribution is 6.05. The lowest BCUT2D eigenvalue weighted by atomic mass is 10.1. The van der Waals surface area contributed by atoms with Crippen molar-refractivity contribution < 1.29 is 14.3 Å². The molecule has 0 aromatic heterocycles. The Hall–Kier alpha value is -4.06. The molecule has 2 amide bonds. The molecule has 0 radical (unpaired) electrons. The van der Waals surface area contributed by atoms with Crippen molar-refractivity contribution in [3.8, 4) is 5.75 Å². The van der Waals surface area contributed by atoms with Crippen molar-refractivity contribution in [2.24, 2.45) is 0 Å². The van der Waals surface area contributed by atoms with Crippen LogP contribution in [0, 0.1) is 0 Å². The van der Waals surface area contributed by atoms with Gasteiger partial charge < -0.3 is 21.1 Å². The van der Waals surface area contributed by atoms with Crippen LogP contribution in [-0.2, 0) is 11.3 Å². The van der Waals surface area contributed by atoms with E-state index in [0.717, 1.165) is 11.1 Å². The zero-order valence-electron chi connectivity index (χ0n) is 16.6. The SMILES string of the molecule is COc1ccc(/C=C(\NC(=O)c2ccccc2)C(=O)NCc2ccccc2N)cc1. The average molecular weight is 401 g/mol. The van der Waals surface area contributed by atoms with E-state index in [2.05, 4.69) is 10.6 Å². The Kier molecular flexibility index (Phi) is 6.84. The molecule has 0 aliphatic heterocycles. The maximum absolute atomic E-state index is 12.9. The highest BCUT2D eigenvalue weighted by Crippen LogP contribution is 2.15. The van der Waals surface area contributed by atoms with E-state index >= 15 is 0 Å². The third-order valence-electron chi connectivity index (χ3n) is 4.45. The predicted molar refractivity (Wildman–Crippen MR) is 118 cm³/mol. The molecule has 0 saturated heterocycles. The summed E-state index contributed by atoms with van der Waals surface area (Å²) in [6.07, 6.45) is 1.62. The molecule has 152 valence electrons. The molecule has 0 aliphatic rings. The summed E-state index contributed by atoms with van der Waals surface area (Å²) in [5.41, 5.74) is 8.66. The fourth-order valence-electron chi connectivity index (χ4n) is 2.78. The molecule has 0 saturated carbocycles. The highest BCUT2D eigenvalue weighted by Gasteiger charge is 2.15. The Morgan fingerprint density at radius 1 is 0.933 bits per heavy atom. The molecular weight excluding hydrogens is 378 g/mol. The number of para-hydroxylation sites is 1. The van der Waals surface area contributed by atoms with Gasteiger partial charge in [0.1, 0.15) is 11.4 Å². The Morgan fingerprint density at radius 3 is 2.27 bits per heavy atom. The number of amides is 2. The van der Waals surface area contributed by atoms with Crippen molar-refractivity contribution in [1.82, 2.24) is 10.6 Å². The van der Waals surface area contributed by atoms with E-state index in [1.54, 1.807) is 67.8 Å². The Morgan fingerprint density at radius 2 is 1.60 bits per heavy atom. The van der Waals surface area contributed by atoms with E-state index in [0.29, 0.717) is 17.0 Å². The number of hydrogen-bond acceptors (Lipinski definition) is 4. The van der Waals surface area contributed by atoms with Gasteiger partial charge in [0, 0.05) is 17.8 Å². The fourth-order valence-corrected chi connectivity index (χ4v) is 2.78. The number of nitrogens with one attached hydrogen (secondary N) is 2. The maximum Gasteiger partial charge on any atom is 0.268 e. The van der Waals surface area contributed by atoms with Crippen LogP contribution in [0.25, 0.3) is 6.08 Å². The van der Waals surface area contributed by atoms with E-state index < -0.39 is 5.91 Å². The van der Waals surface area contributed by atoms with Crippen molar-refractivity contribution in [3.63, 3.8) is 0 Å². The van der Waals surface area contributed by atoms with E-state index in [-0.39, 0.29) is 18.1 Å². The number of hydrogen-bond donors (Lipinski definition) is 3. The quantitative estimate of drug-likeness (QED) is 0.418. The monoisotopic (exact) mass is 401 g/mol. The van der Waals surface area contributed by atoms with Crippen LogP contribution in [0.5, 0.6) is 5.75 Å². The number of carbonyl (C=O) groups excluding carboxylic acids is 2. The summed E-state index contributed by atoms with van der Waals surface area (Å²) < 4.78 is 5.16.